The summed E-state index contributed by atoms with van der Waals surface area (Å²) in [5.41, 5.74) is -3.32. The minimum absolute atomic E-state index is 0.0427. The van der Waals surface area contributed by atoms with E-state index < -0.39 is 63.3 Å². The molecule has 2 N–H and O–H groups in total. The minimum Gasteiger partial charge on any atom is -0.450 e. The molecule has 3 fully saturated rings. The van der Waals surface area contributed by atoms with Gasteiger partial charge in [0.05, 0.1) is 11.0 Å². The number of allylic oxidation sites excluding steroid dienone is 4. The maximum atomic E-state index is 14.9. The fourth-order valence-corrected chi connectivity index (χ4v) is 8.66. The van der Waals surface area contributed by atoms with Crippen molar-refractivity contribution in [3.8, 4) is 0 Å². The molecule has 3 saturated carbocycles. The molecule has 8 heteroatoms. The molecule has 6 nitrogen and oxygen atoms in total. The van der Waals surface area contributed by atoms with Crippen molar-refractivity contribution in [1.29, 1.82) is 0 Å². The second kappa shape index (κ2) is 8.77. The summed E-state index contributed by atoms with van der Waals surface area (Å²) in [5, 5.41) is 21.6. The molecule has 0 saturated heterocycles. The summed E-state index contributed by atoms with van der Waals surface area (Å²) in [5.74, 6) is -3.50. The van der Waals surface area contributed by atoms with E-state index in [-0.39, 0.29) is 24.7 Å². The Bertz CT molecular complexity index is 1010. The van der Waals surface area contributed by atoms with Gasteiger partial charge in [0.2, 0.25) is 11.6 Å². The Kier molecular flexibility index (Phi) is 6.64. The van der Waals surface area contributed by atoms with E-state index in [1.165, 1.54) is 6.08 Å². The van der Waals surface area contributed by atoms with Gasteiger partial charge in [0, 0.05) is 23.2 Å². The molecule has 4 rings (SSSR count). The highest BCUT2D eigenvalue weighted by Gasteiger charge is 2.76. The van der Waals surface area contributed by atoms with Crippen LogP contribution in [0.1, 0.15) is 72.6 Å². The van der Waals surface area contributed by atoms with Crippen LogP contribution in [0, 0.1) is 28.6 Å². The second-order valence-electron chi connectivity index (χ2n) is 11.4. The monoisotopic (exact) mass is 510 g/mol. The third kappa shape index (κ3) is 3.30. The second-order valence-corrected chi connectivity index (χ2v) is 12.0. The summed E-state index contributed by atoms with van der Waals surface area (Å²) in [6.07, 6.45) is 4.51. The third-order valence-electron chi connectivity index (χ3n) is 9.84. The number of rotatable bonds is 6. The van der Waals surface area contributed by atoms with E-state index in [2.05, 4.69) is 0 Å². The zero-order valence-electron chi connectivity index (χ0n) is 20.9. The Labute approximate surface area is 210 Å². The first-order valence-corrected chi connectivity index (χ1v) is 13.1. The van der Waals surface area contributed by atoms with E-state index in [0.717, 1.165) is 6.42 Å². The number of carbonyl (C=O) groups excluding carboxylic acids is 3. The highest BCUT2D eigenvalue weighted by molar-refractivity contribution is 6.26. The van der Waals surface area contributed by atoms with Crippen LogP contribution < -0.4 is 0 Å². The number of hydrogen-bond acceptors (Lipinski definition) is 6. The zero-order valence-corrected chi connectivity index (χ0v) is 21.7. The fraction of sp³-hybridized carbons (Fsp3) is 0.741. The molecule has 0 heterocycles. The topological polar surface area (TPSA) is 101 Å². The number of alkyl halides is 1. The van der Waals surface area contributed by atoms with E-state index in [4.69, 9.17) is 16.3 Å². The maximum absolute atomic E-state index is 14.9. The van der Waals surface area contributed by atoms with Crippen molar-refractivity contribution in [3.05, 3.63) is 23.6 Å². The normalized spacial score (nSPS) is 44.5. The molecular formula is C27H36ClFO6. The number of unbranched alkanes of at least 4 members (excludes halogenated alkanes) is 1. The number of Topliss-reactive ketones (excluding diaryl/α,β-unsaturated/α-hetero) is 1. The molecule has 0 aromatic rings. The lowest BCUT2D eigenvalue weighted by Gasteiger charge is -2.64. The minimum atomic E-state index is -1.59. The van der Waals surface area contributed by atoms with E-state index in [0.29, 0.717) is 31.3 Å². The van der Waals surface area contributed by atoms with Crippen LogP contribution >= 0.6 is 11.6 Å². The van der Waals surface area contributed by atoms with Gasteiger partial charge in [-0.3, -0.25) is 14.4 Å². The SMILES string of the molecule is CCCCC(=O)O[C@@]1(C(=O)CO)[C@H](C)C[C@H]2[C@@H]3CCC4=C(F)C(=O)C=C[C@]4(C)[C@@]3(Cl)[C@@H](O)C[C@@]21C. The van der Waals surface area contributed by atoms with Crippen LogP contribution in [0.5, 0.6) is 0 Å². The van der Waals surface area contributed by atoms with Crippen LogP contribution in [-0.2, 0) is 19.1 Å². The van der Waals surface area contributed by atoms with Gasteiger partial charge in [-0.2, -0.15) is 0 Å². The Hall–Kier alpha value is -1.57. The van der Waals surface area contributed by atoms with Crippen LogP contribution in [0.2, 0.25) is 0 Å². The smallest absolute Gasteiger partial charge is 0.306 e. The number of hydrogen-bond donors (Lipinski definition) is 2. The number of carbonyl (C=O) groups is 3. The Morgan fingerprint density at radius 1 is 1.29 bits per heavy atom. The highest BCUT2D eigenvalue weighted by Crippen LogP contribution is 2.72. The van der Waals surface area contributed by atoms with E-state index in [1.807, 2.05) is 20.8 Å². The van der Waals surface area contributed by atoms with Crippen LogP contribution in [0.3, 0.4) is 0 Å². The molecule has 0 aromatic heterocycles. The van der Waals surface area contributed by atoms with Crippen molar-refractivity contribution in [2.24, 2.45) is 28.6 Å². The van der Waals surface area contributed by atoms with E-state index in [1.54, 1.807) is 13.0 Å². The Morgan fingerprint density at radius 3 is 2.60 bits per heavy atom. The van der Waals surface area contributed by atoms with Gasteiger partial charge >= 0.3 is 5.97 Å². The molecule has 0 bridgehead atoms. The molecule has 0 amide bonds. The van der Waals surface area contributed by atoms with Crippen LogP contribution in [-0.4, -0.2) is 50.9 Å². The van der Waals surface area contributed by atoms with Crippen molar-refractivity contribution >= 4 is 29.1 Å². The molecule has 0 aliphatic heterocycles. The summed E-state index contributed by atoms with van der Waals surface area (Å²) in [6, 6.07) is 0. The largest absolute Gasteiger partial charge is 0.450 e. The lowest BCUT2D eigenvalue weighted by Crippen LogP contribution is -2.69. The first-order chi connectivity index (χ1) is 16.3. The van der Waals surface area contributed by atoms with Crippen LogP contribution in [0.25, 0.3) is 0 Å². The number of ketones is 2. The molecule has 4 aliphatic rings. The average molecular weight is 511 g/mol. The van der Waals surface area contributed by atoms with Gasteiger partial charge in [0.25, 0.3) is 0 Å². The molecule has 4 aliphatic carbocycles. The average Bonchev–Trinajstić information content (AvgIpc) is 3.03. The Morgan fingerprint density at radius 2 is 1.97 bits per heavy atom. The van der Waals surface area contributed by atoms with Gasteiger partial charge in [-0.1, -0.05) is 40.2 Å². The van der Waals surface area contributed by atoms with Gasteiger partial charge in [-0.15, -0.1) is 11.6 Å². The van der Waals surface area contributed by atoms with Gasteiger partial charge < -0.3 is 14.9 Å². The zero-order chi connectivity index (χ0) is 26.0. The van der Waals surface area contributed by atoms with E-state index in [9.17, 15) is 29.0 Å². The molecular weight excluding hydrogens is 475 g/mol. The van der Waals surface area contributed by atoms with Crippen molar-refractivity contribution < 1.29 is 33.7 Å². The number of aliphatic hydroxyl groups excluding tert-OH is 2. The highest BCUT2D eigenvalue weighted by atomic mass is 35.5. The van der Waals surface area contributed by atoms with Gasteiger partial charge in [0.15, 0.2) is 11.4 Å². The number of aliphatic hydroxyl groups is 2. The number of halogens is 2. The molecule has 0 spiro atoms. The quantitative estimate of drug-likeness (QED) is 0.410. The van der Waals surface area contributed by atoms with Crippen molar-refractivity contribution in [2.45, 2.75) is 89.2 Å². The summed E-state index contributed by atoms with van der Waals surface area (Å²) in [6.45, 7) is 6.65. The van der Waals surface area contributed by atoms with Crippen molar-refractivity contribution in [1.82, 2.24) is 0 Å². The number of fused-ring (bicyclic) bond motifs is 5. The number of esters is 1. The van der Waals surface area contributed by atoms with Crippen molar-refractivity contribution in [3.63, 3.8) is 0 Å². The predicted molar refractivity (Wildman–Crippen MR) is 128 cm³/mol. The van der Waals surface area contributed by atoms with E-state index >= 15 is 0 Å². The molecule has 35 heavy (non-hydrogen) atoms. The number of ether oxygens (including phenoxy) is 1. The summed E-state index contributed by atoms with van der Waals surface area (Å²) >= 11 is 7.36. The lowest BCUT2D eigenvalue weighted by atomic mass is 9.45. The summed E-state index contributed by atoms with van der Waals surface area (Å²) < 4.78 is 21.0. The first kappa shape index (κ1) is 26.5. The summed E-state index contributed by atoms with van der Waals surface area (Å²) in [4.78, 5) is 37.0. The first-order valence-electron chi connectivity index (χ1n) is 12.7. The van der Waals surface area contributed by atoms with Gasteiger partial charge in [-0.25, -0.2) is 4.39 Å². The molecule has 8 atom stereocenters. The fourth-order valence-electron chi connectivity index (χ4n) is 8.15. The predicted octanol–water partition coefficient (Wildman–Crippen LogP) is 4.20. The maximum Gasteiger partial charge on any atom is 0.306 e. The van der Waals surface area contributed by atoms with Gasteiger partial charge in [-0.05, 0) is 55.6 Å². The van der Waals surface area contributed by atoms with Gasteiger partial charge in [0.1, 0.15) is 6.61 Å². The molecule has 0 unspecified atom stereocenters. The third-order valence-corrected chi connectivity index (χ3v) is 10.8. The Balaban J connectivity index is 1.82. The molecule has 0 aromatic carbocycles. The molecule has 0 radical (unpaired) electrons. The molecule has 194 valence electrons. The van der Waals surface area contributed by atoms with Crippen LogP contribution in [0.4, 0.5) is 4.39 Å². The lowest BCUT2D eigenvalue weighted by molar-refractivity contribution is -0.203. The van der Waals surface area contributed by atoms with Crippen LogP contribution in [0.15, 0.2) is 23.6 Å². The van der Waals surface area contributed by atoms with Crippen molar-refractivity contribution in [2.75, 3.05) is 6.61 Å². The standard InChI is InChI=1S/C27H36ClFO6/c1-5-6-7-22(34)35-27(21(33)14-30)15(2)12-18-16-8-9-17-23(29)19(31)10-11-24(17,3)26(16,28)20(32)13-25(18,27)4/h10-11,15-16,18,20,30,32H,5-9,12-14H2,1-4H3/t15-,16+,18+,20+,24+,25+,26+,27-/m1/s1. The summed E-state index contributed by atoms with van der Waals surface area (Å²) in [7, 11) is 0.